The van der Waals surface area contributed by atoms with Crippen molar-refractivity contribution in [1.29, 1.82) is 0 Å². The number of guanidine groups is 1. The lowest BCUT2D eigenvalue weighted by Crippen LogP contribution is -2.56. The third kappa shape index (κ3) is 6.44. The van der Waals surface area contributed by atoms with Crippen molar-refractivity contribution in [1.82, 2.24) is 10.2 Å². The fourth-order valence-corrected chi connectivity index (χ4v) is 4.45. The van der Waals surface area contributed by atoms with Gasteiger partial charge in [-0.15, -0.1) is 24.0 Å². The number of ether oxygens (including phenoxy) is 3. The summed E-state index contributed by atoms with van der Waals surface area (Å²) in [5, 5.41) is 3.62. The van der Waals surface area contributed by atoms with Gasteiger partial charge in [0, 0.05) is 39.9 Å². The molecule has 3 rings (SSSR count). The molecule has 2 saturated heterocycles. The molecular formula is C20H38IN3O3. The van der Waals surface area contributed by atoms with E-state index in [4.69, 9.17) is 14.2 Å². The SMILES string of the molecule is CCCOC1(CNC(=NC)N2CCOC(C3CCCO3)C2)CCCCC1.I. The number of nitrogens with one attached hydrogen (secondary N) is 1. The Bertz CT molecular complexity index is 452. The Labute approximate surface area is 181 Å². The Morgan fingerprint density at radius 2 is 1.93 bits per heavy atom. The summed E-state index contributed by atoms with van der Waals surface area (Å²) >= 11 is 0. The molecule has 158 valence electrons. The van der Waals surface area contributed by atoms with Gasteiger partial charge in [-0.2, -0.15) is 0 Å². The Morgan fingerprint density at radius 3 is 2.59 bits per heavy atom. The molecule has 2 atom stereocenters. The lowest BCUT2D eigenvalue weighted by Gasteiger charge is -2.40. The van der Waals surface area contributed by atoms with E-state index in [9.17, 15) is 0 Å². The Morgan fingerprint density at radius 1 is 1.15 bits per heavy atom. The second-order valence-electron chi connectivity index (χ2n) is 7.90. The van der Waals surface area contributed by atoms with Crippen LogP contribution in [0.25, 0.3) is 0 Å². The van der Waals surface area contributed by atoms with Crippen LogP contribution in [0.5, 0.6) is 0 Å². The zero-order valence-electron chi connectivity index (χ0n) is 17.1. The highest BCUT2D eigenvalue weighted by atomic mass is 127. The smallest absolute Gasteiger partial charge is 0.193 e. The summed E-state index contributed by atoms with van der Waals surface area (Å²) in [7, 11) is 1.87. The first-order valence-electron chi connectivity index (χ1n) is 10.6. The number of halogens is 1. The molecule has 0 radical (unpaired) electrons. The lowest BCUT2D eigenvalue weighted by atomic mass is 9.84. The summed E-state index contributed by atoms with van der Waals surface area (Å²) in [6.45, 7) is 7.22. The maximum atomic E-state index is 6.32. The Kier molecular flexibility index (Phi) is 10.1. The second kappa shape index (κ2) is 11.8. The molecule has 0 aromatic heterocycles. The Hall–Kier alpha value is -0.120. The van der Waals surface area contributed by atoms with Gasteiger partial charge in [0.05, 0.1) is 18.3 Å². The standard InChI is InChI=1S/C20H37N3O3.HI/c1-3-12-26-20(9-5-4-6-10-20)16-22-19(21-2)23-11-14-25-18(15-23)17-8-7-13-24-17;/h17-18H,3-16H2,1-2H3,(H,21,22);1H. The van der Waals surface area contributed by atoms with Crippen LogP contribution in [0, 0.1) is 0 Å². The molecule has 2 unspecified atom stereocenters. The van der Waals surface area contributed by atoms with Crippen molar-refractivity contribution >= 4 is 29.9 Å². The molecule has 2 heterocycles. The minimum absolute atomic E-state index is 0. The van der Waals surface area contributed by atoms with Crippen molar-refractivity contribution in [2.45, 2.75) is 76.1 Å². The first-order valence-corrected chi connectivity index (χ1v) is 10.6. The van der Waals surface area contributed by atoms with Gasteiger partial charge in [-0.05, 0) is 32.1 Å². The summed E-state index contributed by atoms with van der Waals surface area (Å²) in [6, 6.07) is 0. The van der Waals surface area contributed by atoms with Crippen LogP contribution in [0.2, 0.25) is 0 Å². The topological polar surface area (TPSA) is 55.3 Å². The zero-order chi connectivity index (χ0) is 18.2. The number of morpholine rings is 1. The number of hydrogen-bond donors (Lipinski definition) is 1. The van der Waals surface area contributed by atoms with E-state index >= 15 is 0 Å². The maximum Gasteiger partial charge on any atom is 0.193 e. The molecule has 27 heavy (non-hydrogen) atoms. The van der Waals surface area contributed by atoms with Crippen molar-refractivity contribution in [3.05, 3.63) is 0 Å². The number of rotatable bonds is 6. The Balaban J connectivity index is 0.00000261. The quantitative estimate of drug-likeness (QED) is 0.349. The maximum absolute atomic E-state index is 6.32. The van der Waals surface area contributed by atoms with Crippen LogP contribution in [0.3, 0.4) is 0 Å². The number of hydrogen-bond acceptors (Lipinski definition) is 4. The van der Waals surface area contributed by atoms with Gasteiger partial charge in [0.2, 0.25) is 0 Å². The van der Waals surface area contributed by atoms with E-state index in [1.807, 2.05) is 7.05 Å². The molecule has 0 aromatic carbocycles. The predicted octanol–water partition coefficient (Wildman–Crippen LogP) is 3.19. The van der Waals surface area contributed by atoms with E-state index in [-0.39, 0.29) is 41.8 Å². The summed E-state index contributed by atoms with van der Waals surface area (Å²) in [5.41, 5.74) is -0.0234. The summed E-state index contributed by atoms with van der Waals surface area (Å²) in [6.07, 6.45) is 9.90. The highest BCUT2D eigenvalue weighted by Crippen LogP contribution is 2.31. The van der Waals surface area contributed by atoms with Gasteiger partial charge >= 0.3 is 0 Å². The van der Waals surface area contributed by atoms with Crippen molar-refractivity contribution in [3.63, 3.8) is 0 Å². The van der Waals surface area contributed by atoms with Crippen LogP contribution in [-0.4, -0.2) is 75.2 Å². The van der Waals surface area contributed by atoms with Gasteiger partial charge in [0.1, 0.15) is 6.10 Å². The molecule has 1 saturated carbocycles. The molecule has 7 heteroatoms. The largest absolute Gasteiger partial charge is 0.375 e. The highest BCUT2D eigenvalue weighted by molar-refractivity contribution is 14.0. The van der Waals surface area contributed by atoms with Crippen molar-refractivity contribution in [3.8, 4) is 0 Å². The molecule has 3 fully saturated rings. The van der Waals surface area contributed by atoms with E-state index < -0.39 is 0 Å². The van der Waals surface area contributed by atoms with Crippen molar-refractivity contribution in [2.24, 2.45) is 4.99 Å². The predicted molar refractivity (Wildman–Crippen MR) is 119 cm³/mol. The first-order chi connectivity index (χ1) is 12.8. The van der Waals surface area contributed by atoms with Gasteiger partial charge in [-0.25, -0.2) is 0 Å². The molecule has 1 aliphatic carbocycles. The summed E-state index contributed by atoms with van der Waals surface area (Å²) in [4.78, 5) is 6.87. The van der Waals surface area contributed by atoms with E-state index in [1.54, 1.807) is 0 Å². The van der Waals surface area contributed by atoms with E-state index in [0.717, 1.165) is 77.5 Å². The molecule has 0 spiro atoms. The third-order valence-corrected chi connectivity index (χ3v) is 5.93. The lowest BCUT2D eigenvalue weighted by molar-refractivity contribution is -0.0830. The molecular weight excluding hydrogens is 457 g/mol. The van der Waals surface area contributed by atoms with E-state index in [0.29, 0.717) is 0 Å². The van der Waals surface area contributed by atoms with Crippen LogP contribution in [0.15, 0.2) is 4.99 Å². The minimum atomic E-state index is -0.0234. The van der Waals surface area contributed by atoms with Gasteiger partial charge in [0.25, 0.3) is 0 Å². The molecule has 0 bridgehead atoms. The van der Waals surface area contributed by atoms with Crippen LogP contribution in [-0.2, 0) is 14.2 Å². The molecule has 0 aromatic rings. The summed E-state index contributed by atoms with van der Waals surface area (Å²) in [5.74, 6) is 0.973. The first kappa shape index (κ1) is 23.2. The normalized spacial score (nSPS) is 28.7. The molecule has 2 aliphatic heterocycles. The minimum Gasteiger partial charge on any atom is -0.375 e. The van der Waals surface area contributed by atoms with Crippen molar-refractivity contribution in [2.75, 3.05) is 46.5 Å². The van der Waals surface area contributed by atoms with Gasteiger partial charge in [0.15, 0.2) is 5.96 Å². The number of nitrogens with zero attached hydrogens (tertiary/aromatic N) is 2. The fraction of sp³-hybridized carbons (Fsp3) is 0.950. The highest BCUT2D eigenvalue weighted by Gasteiger charge is 2.35. The average Bonchev–Trinajstić information content (AvgIpc) is 3.23. The monoisotopic (exact) mass is 495 g/mol. The van der Waals surface area contributed by atoms with Gasteiger partial charge in [-0.1, -0.05) is 26.2 Å². The van der Waals surface area contributed by atoms with Crippen molar-refractivity contribution < 1.29 is 14.2 Å². The molecule has 1 N–H and O–H groups in total. The van der Waals surface area contributed by atoms with Crippen LogP contribution >= 0.6 is 24.0 Å². The van der Waals surface area contributed by atoms with Crippen LogP contribution in [0.1, 0.15) is 58.3 Å². The fourth-order valence-electron chi connectivity index (χ4n) is 4.45. The molecule has 0 amide bonds. The van der Waals surface area contributed by atoms with Gasteiger partial charge < -0.3 is 24.4 Å². The van der Waals surface area contributed by atoms with Gasteiger partial charge in [-0.3, -0.25) is 4.99 Å². The van der Waals surface area contributed by atoms with Crippen LogP contribution in [0.4, 0.5) is 0 Å². The van der Waals surface area contributed by atoms with E-state index in [1.165, 1.54) is 19.3 Å². The molecule has 3 aliphatic rings. The molecule has 6 nitrogen and oxygen atoms in total. The average molecular weight is 495 g/mol. The third-order valence-electron chi connectivity index (χ3n) is 5.93. The second-order valence-corrected chi connectivity index (χ2v) is 7.90. The summed E-state index contributed by atoms with van der Waals surface area (Å²) < 4.78 is 18.1. The zero-order valence-corrected chi connectivity index (χ0v) is 19.4. The van der Waals surface area contributed by atoms with E-state index in [2.05, 4.69) is 22.1 Å². The van der Waals surface area contributed by atoms with Crippen LogP contribution < -0.4 is 5.32 Å². The number of aliphatic imine (C=N–C) groups is 1.